The van der Waals surface area contributed by atoms with Crippen LogP contribution in [0.4, 0.5) is 0 Å². The highest BCUT2D eigenvalue weighted by Crippen LogP contribution is 2.20. The molecule has 1 rings (SSSR count). The monoisotopic (exact) mass is 267 g/mol. The zero-order valence-electron chi connectivity index (χ0n) is 13.0. The van der Waals surface area contributed by atoms with Crippen LogP contribution in [0.3, 0.4) is 0 Å². The van der Waals surface area contributed by atoms with Crippen molar-refractivity contribution in [3.63, 3.8) is 0 Å². The average Bonchev–Trinajstić information content (AvgIpc) is 2.73. The van der Waals surface area contributed by atoms with Crippen LogP contribution >= 0.6 is 0 Å². The lowest BCUT2D eigenvalue weighted by Crippen LogP contribution is -2.40. The Morgan fingerprint density at radius 1 is 1.32 bits per heavy atom. The molecule has 0 amide bonds. The Morgan fingerprint density at radius 2 is 2.00 bits per heavy atom. The highest BCUT2D eigenvalue weighted by atomic mass is 15.2. The minimum atomic E-state index is 0.245. The molecule has 0 aliphatic rings. The van der Waals surface area contributed by atoms with Gasteiger partial charge in [0.05, 0.1) is 18.1 Å². The van der Waals surface area contributed by atoms with E-state index in [0.29, 0.717) is 12.5 Å². The smallest absolute Gasteiger partial charge is 0.0946 e. The van der Waals surface area contributed by atoms with Gasteiger partial charge in [0.2, 0.25) is 0 Å². The van der Waals surface area contributed by atoms with E-state index in [-0.39, 0.29) is 6.04 Å². The van der Waals surface area contributed by atoms with Crippen molar-refractivity contribution in [2.45, 2.75) is 19.9 Å². The summed E-state index contributed by atoms with van der Waals surface area (Å²) >= 11 is 0. The van der Waals surface area contributed by atoms with Crippen LogP contribution in [0.25, 0.3) is 0 Å². The van der Waals surface area contributed by atoms with Crippen molar-refractivity contribution in [2.75, 3.05) is 40.3 Å². The molecular formula is C14H29N5. The van der Waals surface area contributed by atoms with Crippen LogP contribution in [0.2, 0.25) is 0 Å². The van der Waals surface area contributed by atoms with Gasteiger partial charge < -0.3 is 15.2 Å². The van der Waals surface area contributed by atoms with E-state index in [2.05, 4.69) is 47.3 Å². The van der Waals surface area contributed by atoms with Crippen LogP contribution in [0.5, 0.6) is 0 Å². The molecule has 0 radical (unpaired) electrons. The molecule has 19 heavy (non-hydrogen) atoms. The van der Waals surface area contributed by atoms with Crippen molar-refractivity contribution < 1.29 is 0 Å². The first kappa shape index (κ1) is 16.1. The molecule has 0 aromatic carbocycles. The summed E-state index contributed by atoms with van der Waals surface area (Å²) in [6, 6.07) is 0.245. The molecule has 5 heteroatoms. The summed E-state index contributed by atoms with van der Waals surface area (Å²) in [6.07, 6.45) is 3.78. The van der Waals surface area contributed by atoms with Crippen LogP contribution in [0.1, 0.15) is 25.6 Å². The second kappa shape index (κ2) is 7.62. The molecule has 1 aromatic heterocycles. The zero-order chi connectivity index (χ0) is 14.4. The molecule has 2 N–H and O–H groups in total. The summed E-state index contributed by atoms with van der Waals surface area (Å²) in [6.45, 7) is 8.25. The highest BCUT2D eigenvalue weighted by Gasteiger charge is 2.22. The van der Waals surface area contributed by atoms with E-state index in [1.54, 1.807) is 0 Å². The molecule has 1 atom stereocenters. The van der Waals surface area contributed by atoms with Gasteiger partial charge in [-0.25, -0.2) is 4.98 Å². The molecule has 0 aliphatic heterocycles. The summed E-state index contributed by atoms with van der Waals surface area (Å²) in [7, 11) is 6.24. The predicted octanol–water partition coefficient (Wildman–Crippen LogP) is 0.940. The van der Waals surface area contributed by atoms with Crippen molar-refractivity contribution in [1.82, 2.24) is 19.4 Å². The minimum absolute atomic E-state index is 0.245. The van der Waals surface area contributed by atoms with Crippen LogP contribution in [0.15, 0.2) is 12.5 Å². The topological polar surface area (TPSA) is 50.3 Å². The third-order valence-electron chi connectivity index (χ3n) is 3.29. The minimum Gasteiger partial charge on any atom is -0.336 e. The fourth-order valence-electron chi connectivity index (χ4n) is 2.32. The first-order valence-corrected chi connectivity index (χ1v) is 7.00. The van der Waals surface area contributed by atoms with E-state index >= 15 is 0 Å². The van der Waals surface area contributed by atoms with Crippen LogP contribution in [-0.2, 0) is 7.05 Å². The van der Waals surface area contributed by atoms with Gasteiger partial charge in [0, 0.05) is 39.4 Å². The van der Waals surface area contributed by atoms with Gasteiger partial charge in [0.1, 0.15) is 0 Å². The Morgan fingerprint density at radius 3 is 2.42 bits per heavy atom. The fourth-order valence-corrected chi connectivity index (χ4v) is 2.32. The first-order chi connectivity index (χ1) is 8.95. The molecular weight excluding hydrogens is 238 g/mol. The third kappa shape index (κ3) is 4.93. The number of rotatable bonds is 8. The molecule has 0 saturated heterocycles. The van der Waals surface area contributed by atoms with E-state index in [1.807, 2.05) is 19.6 Å². The fraction of sp³-hybridized carbons (Fsp3) is 0.786. The highest BCUT2D eigenvalue weighted by molar-refractivity contribution is 5.06. The van der Waals surface area contributed by atoms with Gasteiger partial charge in [-0.05, 0) is 20.0 Å². The Labute approximate surface area is 117 Å². The quantitative estimate of drug-likeness (QED) is 0.761. The average molecular weight is 267 g/mol. The second-order valence-corrected chi connectivity index (χ2v) is 5.87. The second-order valence-electron chi connectivity index (χ2n) is 5.87. The number of aromatic nitrogens is 2. The third-order valence-corrected chi connectivity index (χ3v) is 3.29. The molecule has 5 nitrogen and oxygen atoms in total. The lowest BCUT2D eigenvalue weighted by molar-refractivity contribution is 0.159. The van der Waals surface area contributed by atoms with E-state index in [1.165, 1.54) is 5.69 Å². The van der Waals surface area contributed by atoms with E-state index in [9.17, 15) is 0 Å². The Balaban J connectivity index is 2.83. The Hall–Kier alpha value is -0.910. The summed E-state index contributed by atoms with van der Waals surface area (Å²) in [4.78, 5) is 8.90. The zero-order valence-corrected chi connectivity index (χ0v) is 13.0. The molecule has 0 fully saturated rings. The van der Waals surface area contributed by atoms with Gasteiger partial charge in [0.25, 0.3) is 0 Å². The van der Waals surface area contributed by atoms with E-state index in [4.69, 9.17) is 5.73 Å². The normalized spacial score (nSPS) is 13.7. The van der Waals surface area contributed by atoms with Gasteiger partial charge in [-0.2, -0.15) is 0 Å². The van der Waals surface area contributed by atoms with Gasteiger partial charge in [0.15, 0.2) is 0 Å². The molecule has 0 bridgehead atoms. The van der Waals surface area contributed by atoms with Crippen molar-refractivity contribution in [2.24, 2.45) is 18.7 Å². The van der Waals surface area contributed by atoms with Gasteiger partial charge >= 0.3 is 0 Å². The molecule has 110 valence electrons. The lowest BCUT2D eigenvalue weighted by Gasteiger charge is -2.33. The van der Waals surface area contributed by atoms with Gasteiger partial charge in [-0.15, -0.1) is 0 Å². The van der Waals surface area contributed by atoms with Crippen molar-refractivity contribution in [1.29, 1.82) is 0 Å². The number of likely N-dealkylation sites (N-methyl/N-ethyl adjacent to an activating group) is 1. The van der Waals surface area contributed by atoms with Crippen LogP contribution < -0.4 is 5.73 Å². The maximum absolute atomic E-state index is 6.02. The summed E-state index contributed by atoms with van der Waals surface area (Å²) in [5, 5.41) is 0. The maximum atomic E-state index is 6.02. The Bertz CT molecular complexity index is 358. The summed E-state index contributed by atoms with van der Waals surface area (Å²) in [5.74, 6) is 0.629. The predicted molar refractivity (Wildman–Crippen MR) is 80.0 cm³/mol. The largest absolute Gasteiger partial charge is 0.336 e. The van der Waals surface area contributed by atoms with Gasteiger partial charge in [-0.3, -0.25) is 4.90 Å². The number of imidazole rings is 1. The molecule has 0 saturated carbocycles. The number of nitrogens with zero attached hydrogens (tertiary/aromatic N) is 4. The van der Waals surface area contributed by atoms with Crippen molar-refractivity contribution in [3.8, 4) is 0 Å². The van der Waals surface area contributed by atoms with Crippen LogP contribution in [-0.4, -0.2) is 59.6 Å². The maximum Gasteiger partial charge on any atom is 0.0946 e. The van der Waals surface area contributed by atoms with Crippen molar-refractivity contribution in [3.05, 3.63) is 18.2 Å². The van der Waals surface area contributed by atoms with E-state index in [0.717, 1.165) is 19.6 Å². The lowest BCUT2D eigenvalue weighted by atomic mass is 10.1. The number of nitrogens with two attached hydrogens (primary N) is 1. The first-order valence-electron chi connectivity index (χ1n) is 7.00. The number of aryl methyl sites for hydroxylation is 1. The Kier molecular flexibility index (Phi) is 6.48. The standard InChI is InChI=1S/C14H29N5/c1-12(2)10-19(7-6-17(3)4)13(8-15)14-9-16-11-18(14)5/h9,11-13H,6-8,10,15H2,1-5H3. The molecule has 0 spiro atoms. The van der Waals surface area contributed by atoms with Crippen molar-refractivity contribution >= 4 is 0 Å². The van der Waals surface area contributed by atoms with E-state index < -0.39 is 0 Å². The SMILES string of the molecule is CC(C)CN(CCN(C)C)C(CN)c1cncn1C. The van der Waals surface area contributed by atoms with Gasteiger partial charge in [-0.1, -0.05) is 13.8 Å². The molecule has 1 aromatic rings. The molecule has 1 heterocycles. The number of hydrogen-bond acceptors (Lipinski definition) is 4. The summed E-state index contributed by atoms with van der Waals surface area (Å²) < 4.78 is 2.07. The summed E-state index contributed by atoms with van der Waals surface area (Å²) in [5.41, 5.74) is 7.22. The number of hydrogen-bond donors (Lipinski definition) is 1. The molecule has 1 unspecified atom stereocenters. The molecule has 0 aliphatic carbocycles. The van der Waals surface area contributed by atoms with Crippen LogP contribution in [0, 0.1) is 5.92 Å².